The van der Waals surface area contributed by atoms with Crippen molar-refractivity contribution in [2.75, 3.05) is 31.1 Å². The van der Waals surface area contributed by atoms with Crippen LogP contribution in [0.5, 0.6) is 0 Å². The molecule has 0 unspecified atom stereocenters. The van der Waals surface area contributed by atoms with E-state index in [1.807, 2.05) is 22.7 Å². The lowest BCUT2D eigenvalue weighted by atomic mass is 9.92. The number of rotatable bonds is 5. The van der Waals surface area contributed by atoms with Gasteiger partial charge in [-0.3, -0.25) is 9.20 Å². The number of fused-ring (bicyclic) bond motifs is 1. The van der Waals surface area contributed by atoms with E-state index in [2.05, 4.69) is 39.2 Å². The number of carbonyl (C=O) groups excluding carboxylic acids is 1. The minimum Gasteiger partial charge on any atom is -0.353 e. The molecule has 0 radical (unpaired) electrons. The molecule has 4 rings (SSSR count). The van der Waals surface area contributed by atoms with Gasteiger partial charge in [-0.15, -0.1) is 10.2 Å². The van der Waals surface area contributed by atoms with Gasteiger partial charge in [0.2, 0.25) is 11.9 Å². The molecule has 8 heteroatoms. The normalized spacial score (nSPS) is 19.9. The van der Waals surface area contributed by atoms with E-state index < -0.39 is 0 Å². The first-order valence-electron chi connectivity index (χ1n) is 10.8. The highest BCUT2D eigenvalue weighted by Crippen LogP contribution is 2.23. The van der Waals surface area contributed by atoms with Gasteiger partial charge in [-0.1, -0.05) is 11.6 Å². The van der Waals surface area contributed by atoms with Crippen molar-refractivity contribution in [3.05, 3.63) is 23.4 Å². The standard InChI is InChI=1S/C21H31ClN6O/c1-15(2)26-9-5-16(6-10-26)13-20(29)23-18-7-11-27(12-8-18)21-25-24-19-4-3-17(22)14-28(19)21/h3-4,14-16,18H,5-13H2,1-2H3,(H,23,29). The summed E-state index contributed by atoms with van der Waals surface area (Å²) >= 11 is 6.13. The van der Waals surface area contributed by atoms with Gasteiger partial charge in [0.25, 0.3) is 0 Å². The number of nitrogens with zero attached hydrogens (tertiary/aromatic N) is 5. The van der Waals surface area contributed by atoms with Gasteiger partial charge in [0, 0.05) is 37.8 Å². The molecule has 0 aromatic carbocycles. The SMILES string of the molecule is CC(C)N1CCC(CC(=O)NC2CCN(c3nnc4ccc(Cl)cn34)CC2)CC1. The number of nitrogens with one attached hydrogen (secondary N) is 1. The largest absolute Gasteiger partial charge is 0.353 e. The first-order valence-corrected chi connectivity index (χ1v) is 11.2. The monoisotopic (exact) mass is 418 g/mol. The molecule has 0 bridgehead atoms. The van der Waals surface area contributed by atoms with Crippen LogP contribution in [0.3, 0.4) is 0 Å². The van der Waals surface area contributed by atoms with Crippen molar-refractivity contribution in [1.29, 1.82) is 0 Å². The molecule has 1 amide bonds. The maximum atomic E-state index is 12.5. The fraction of sp³-hybridized carbons (Fsp3) is 0.667. The van der Waals surface area contributed by atoms with E-state index in [0.717, 1.165) is 63.5 Å². The van der Waals surface area contributed by atoms with Gasteiger partial charge in [-0.2, -0.15) is 0 Å². The molecule has 0 spiro atoms. The van der Waals surface area contributed by atoms with E-state index in [1.54, 1.807) is 0 Å². The number of anilines is 1. The van der Waals surface area contributed by atoms with Gasteiger partial charge in [0.15, 0.2) is 5.65 Å². The summed E-state index contributed by atoms with van der Waals surface area (Å²) in [7, 11) is 0. The zero-order valence-corrected chi connectivity index (χ0v) is 18.1. The van der Waals surface area contributed by atoms with Crippen LogP contribution in [0.4, 0.5) is 5.95 Å². The topological polar surface area (TPSA) is 65.8 Å². The van der Waals surface area contributed by atoms with Crippen molar-refractivity contribution < 1.29 is 4.79 Å². The lowest BCUT2D eigenvalue weighted by molar-refractivity contribution is -0.123. The van der Waals surface area contributed by atoms with Crippen LogP contribution < -0.4 is 10.2 Å². The summed E-state index contributed by atoms with van der Waals surface area (Å²) in [4.78, 5) is 17.3. The second-order valence-electron chi connectivity index (χ2n) is 8.68. The Labute approximate surface area is 177 Å². The Hall–Kier alpha value is -1.86. The number of amides is 1. The van der Waals surface area contributed by atoms with Crippen molar-refractivity contribution in [3.8, 4) is 0 Å². The van der Waals surface area contributed by atoms with Crippen LogP contribution in [0.25, 0.3) is 5.65 Å². The lowest BCUT2D eigenvalue weighted by Gasteiger charge is -2.35. The Morgan fingerprint density at radius 3 is 2.55 bits per heavy atom. The molecular formula is C21H31ClN6O. The Balaban J connectivity index is 1.24. The molecule has 2 aliphatic rings. The number of hydrogen-bond acceptors (Lipinski definition) is 5. The van der Waals surface area contributed by atoms with Gasteiger partial charge >= 0.3 is 0 Å². The fourth-order valence-corrected chi connectivity index (χ4v) is 4.68. The van der Waals surface area contributed by atoms with Crippen LogP contribution in [0, 0.1) is 5.92 Å². The molecule has 158 valence electrons. The summed E-state index contributed by atoms with van der Waals surface area (Å²) in [6, 6.07) is 4.55. The zero-order valence-electron chi connectivity index (χ0n) is 17.4. The van der Waals surface area contributed by atoms with Crippen LogP contribution in [-0.2, 0) is 4.79 Å². The van der Waals surface area contributed by atoms with Crippen molar-refractivity contribution in [3.63, 3.8) is 0 Å². The summed E-state index contributed by atoms with van der Waals surface area (Å²) in [6.45, 7) is 8.43. The van der Waals surface area contributed by atoms with Crippen molar-refractivity contribution in [2.24, 2.45) is 5.92 Å². The number of carbonyl (C=O) groups is 1. The molecule has 29 heavy (non-hydrogen) atoms. The van der Waals surface area contributed by atoms with Crippen molar-refractivity contribution >= 4 is 29.1 Å². The summed E-state index contributed by atoms with van der Waals surface area (Å²) in [5, 5.41) is 12.5. The maximum absolute atomic E-state index is 12.5. The third-order valence-corrected chi connectivity index (χ3v) is 6.57. The number of likely N-dealkylation sites (tertiary alicyclic amines) is 1. The van der Waals surface area contributed by atoms with E-state index >= 15 is 0 Å². The smallest absolute Gasteiger partial charge is 0.231 e. The highest BCUT2D eigenvalue weighted by atomic mass is 35.5. The minimum absolute atomic E-state index is 0.214. The number of hydrogen-bond donors (Lipinski definition) is 1. The number of pyridine rings is 1. The third-order valence-electron chi connectivity index (χ3n) is 6.34. The molecule has 0 aliphatic carbocycles. The minimum atomic E-state index is 0.214. The molecule has 7 nitrogen and oxygen atoms in total. The average Bonchev–Trinajstić information content (AvgIpc) is 3.12. The Morgan fingerprint density at radius 1 is 1.14 bits per heavy atom. The number of piperidine rings is 2. The summed E-state index contributed by atoms with van der Waals surface area (Å²) in [5.41, 5.74) is 0.795. The van der Waals surface area contributed by atoms with Crippen LogP contribution in [0.15, 0.2) is 18.3 Å². The molecule has 0 saturated carbocycles. The number of aromatic nitrogens is 3. The Kier molecular flexibility index (Phi) is 6.25. The van der Waals surface area contributed by atoms with Gasteiger partial charge in [-0.05, 0) is 70.7 Å². The molecule has 0 atom stereocenters. The van der Waals surface area contributed by atoms with Crippen LogP contribution in [0.2, 0.25) is 5.02 Å². The van der Waals surface area contributed by atoms with Gasteiger partial charge in [-0.25, -0.2) is 0 Å². The van der Waals surface area contributed by atoms with E-state index in [4.69, 9.17) is 11.6 Å². The lowest BCUT2D eigenvalue weighted by Crippen LogP contribution is -2.46. The fourth-order valence-electron chi connectivity index (χ4n) is 4.51. The molecule has 2 fully saturated rings. The molecular weight excluding hydrogens is 388 g/mol. The summed E-state index contributed by atoms with van der Waals surface area (Å²) < 4.78 is 1.94. The Morgan fingerprint density at radius 2 is 1.86 bits per heavy atom. The molecule has 4 heterocycles. The maximum Gasteiger partial charge on any atom is 0.231 e. The second-order valence-corrected chi connectivity index (χ2v) is 9.12. The van der Waals surface area contributed by atoms with Crippen molar-refractivity contribution in [2.45, 2.75) is 58.0 Å². The number of halogens is 1. The summed E-state index contributed by atoms with van der Waals surface area (Å²) in [6.07, 6.45) is 6.63. The van der Waals surface area contributed by atoms with Gasteiger partial charge in [0.05, 0.1) is 5.02 Å². The molecule has 2 aliphatic heterocycles. The van der Waals surface area contributed by atoms with Crippen LogP contribution in [0.1, 0.15) is 46.0 Å². The Bertz CT molecular complexity index is 837. The highest BCUT2D eigenvalue weighted by Gasteiger charge is 2.26. The predicted molar refractivity (Wildman–Crippen MR) is 115 cm³/mol. The molecule has 2 aromatic heterocycles. The van der Waals surface area contributed by atoms with Gasteiger partial charge in [0.1, 0.15) is 0 Å². The van der Waals surface area contributed by atoms with E-state index in [0.29, 0.717) is 23.4 Å². The predicted octanol–water partition coefficient (Wildman–Crippen LogP) is 2.98. The third kappa shape index (κ3) is 4.83. The molecule has 2 aromatic rings. The summed E-state index contributed by atoms with van der Waals surface area (Å²) in [5.74, 6) is 1.56. The second kappa shape index (κ2) is 8.88. The van der Waals surface area contributed by atoms with Crippen LogP contribution in [-0.4, -0.2) is 63.7 Å². The zero-order chi connectivity index (χ0) is 20.4. The van der Waals surface area contributed by atoms with Crippen molar-refractivity contribution in [1.82, 2.24) is 24.8 Å². The first-order chi connectivity index (χ1) is 14.0. The van der Waals surface area contributed by atoms with Gasteiger partial charge < -0.3 is 15.1 Å². The highest BCUT2D eigenvalue weighted by molar-refractivity contribution is 6.30. The molecule has 2 saturated heterocycles. The van der Waals surface area contributed by atoms with E-state index in [1.165, 1.54) is 0 Å². The van der Waals surface area contributed by atoms with Crippen LogP contribution >= 0.6 is 11.6 Å². The average molecular weight is 419 g/mol. The first kappa shape index (κ1) is 20.4. The van der Waals surface area contributed by atoms with E-state index in [9.17, 15) is 4.79 Å². The van der Waals surface area contributed by atoms with E-state index in [-0.39, 0.29) is 11.9 Å². The quantitative estimate of drug-likeness (QED) is 0.808. The molecule has 1 N–H and O–H groups in total.